The molecule has 190 valence electrons. The summed E-state index contributed by atoms with van der Waals surface area (Å²) in [5.74, 6) is -0.866. The van der Waals surface area contributed by atoms with Crippen molar-refractivity contribution in [2.24, 2.45) is 0 Å². The number of nitro benzene ring substituents is 1. The van der Waals surface area contributed by atoms with Gasteiger partial charge in [-0.3, -0.25) is 19.7 Å². The standard InChI is InChI=1S/C25H26N2O9/c1-33-19-10-14(6-17(24(19)30)27(31)32)15-11-22(29)26-16-5-12(7-18(28)23(15)16)13-8-20(34-2)25(36-4)21(9-13)35-3/h6,8-10,12,15,30H,5,7,11H2,1-4H3,(H,26,29). The van der Waals surface area contributed by atoms with Gasteiger partial charge in [-0.2, -0.15) is 0 Å². The normalized spacial score (nSPS) is 19.3. The van der Waals surface area contributed by atoms with Crippen molar-refractivity contribution in [2.45, 2.75) is 31.1 Å². The zero-order valence-electron chi connectivity index (χ0n) is 20.2. The van der Waals surface area contributed by atoms with Crippen LogP contribution in [0.15, 0.2) is 35.5 Å². The number of hydrogen-bond donors (Lipinski definition) is 2. The predicted octanol–water partition coefficient (Wildman–Crippen LogP) is 3.34. The minimum absolute atomic E-state index is 0.0650. The molecule has 36 heavy (non-hydrogen) atoms. The van der Waals surface area contributed by atoms with Crippen LogP contribution < -0.4 is 24.3 Å². The number of phenols is 1. The molecule has 2 aromatic carbocycles. The molecule has 2 atom stereocenters. The second kappa shape index (κ2) is 9.76. The van der Waals surface area contributed by atoms with E-state index < -0.39 is 22.3 Å². The Morgan fingerprint density at radius 2 is 1.50 bits per heavy atom. The van der Waals surface area contributed by atoms with Crippen LogP contribution in [0.2, 0.25) is 0 Å². The maximum Gasteiger partial charge on any atom is 0.314 e. The molecule has 2 aromatic rings. The third-order valence-electron chi connectivity index (χ3n) is 6.59. The zero-order chi connectivity index (χ0) is 26.1. The van der Waals surface area contributed by atoms with Crippen LogP contribution in [0.4, 0.5) is 5.69 Å². The second-order valence-electron chi connectivity index (χ2n) is 8.53. The third kappa shape index (κ3) is 4.28. The molecule has 4 rings (SSSR count). The molecule has 1 aliphatic heterocycles. The Labute approximate surface area is 206 Å². The van der Waals surface area contributed by atoms with Crippen molar-refractivity contribution < 1.29 is 38.6 Å². The summed E-state index contributed by atoms with van der Waals surface area (Å²) in [5, 5.41) is 24.5. The van der Waals surface area contributed by atoms with Crippen LogP contribution in [0, 0.1) is 10.1 Å². The Balaban J connectivity index is 1.77. The lowest BCUT2D eigenvalue weighted by molar-refractivity contribution is -0.386. The second-order valence-corrected chi connectivity index (χ2v) is 8.53. The summed E-state index contributed by atoms with van der Waals surface area (Å²) >= 11 is 0. The Morgan fingerprint density at radius 3 is 2.06 bits per heavy atom. The number of nitro groups is 1. The summed E-state index contributed by atoms with van der Waals surface area (Å²) in [6.45, 7) is 0. The van der Waals surface area contributed by atoms with Gasteiger partial charge in [0.1, 0.15) is 0 Å². The monoisotopic (exact) mass is 498 g/mol. The predicted molar refractivity (Wildman–Crippen MR) is 127 cm³/mol. The molecular weight excluding hydrogens is 472 g/mol. The highest BCUT2D eigenvalue weighted by Crippen LogP contribution is 2.48. The first-order chi connectivity index (χ1) is 17.2. The number of methoxy groups -OCH3 is 4. The van der Waals surface area contributed by atoms with Crippen molar-refractivity contribution in [1.29, 1.82) is 0 Å². The fourth-order valence-electron chi connectivity index (χ4n) is 4.93. The summed E-state index contributed by atoms with van der Waals surface area (Å²) in [6, 6.07) is 6.17. The quantitative estimate of drug-likeness (QED) is 0.433. The van der Waals surface area contributed by atoms with E-state index in [9.17, 15) is 24.8 Å². The van der Waals surface area contributed by atoms with Crippen LogP contribution in [0.3, 0.4) is 0 Å². The van der Waals surface area contributed by atoms with Crippen molar-refractivity contribution in [3.63, 3.8) is 0 Å². The van der Waals surface area contributed by atoms with Gasteiger partial charge in [0.05, 0.1) is 33.4 Å². The minimum Gasteiger partial charge on any atom is -0.500 e. The topological polar surface area (TPSA) is 146 Å². The Morgan fingerprint density at radius 1 is 0.889 bits per heavy atom. The van der Waals surface area contributed by atoms with Gasteiger partial charge in [0.2, 0.25) is 17.4 Å². The SMILES string of the molecule is COc1cc(C2CC(=O)NC3=C2C(=O)CC(c2cc(OC)c(OC)c(OC)c2)C3)cc([N+](=O)[O-])c1O. The van der Waals surface area contributed by atoms with E-state index in [0.29, 0.717) is 40.5 Å². The fraction of sp³-hybridized carbons (Fsp3) is 0.360. The van der Waals surface area contributed by atoms with E-state index in [1.807, 2.05) is 0 Å². The van der Waals surface area contributed by atoms with Gasteiger partial charge in [-0.15, -0.1) is 0 Å². The average molecular weight is 498 g/mol. The molecule has 0 saturated heterocycles. The number of carbonyl (C=O) groups is 2. The van der Waals surface area contributed by atoms with Crippen LogP contribution in [0.5, 0.6) is 28.7 Å². The summed E-state index contributed by atoms with van der Waals surface area (Å²) in [4.78, 5) is 36.9. The van der Waals surface area contributed by atoms with E-state index in [2.05, 4.69) is 5.32 Å². The van der Waals surface area contributed by atoms with E-state index in [1.54, 1.807) is 12.1 Å². The number of nitrogens with one attached hydrogen (secondary N) is 1. The van der Waals surface area contributed by atoms with E-state index in [-0.39, 0.29) is 36.2 Å². The molecule has 11 nitrogen and oxygen atoms in total. The zero-order valence-corrected chi connectivity index (χ0v) is 20.2. The van der Waals surface area contributed by atoms with Gasteiger partial charge in [0.25, 0.3) is 0 Å². The number of ketones is 1. The number of Topliss-reactive ketones (excluding diaryl/α,β-unsaturated/α-hetero) is 1. The average Bonchev–Trinajstić information content (AvgIpc) is 2.86. The number of benzene rings is 2. The fourth-order valence-corrected chi connectivity index (χ4v) is 4.93. The first kappa shape index (κ1) is 24.8. The minimum atomic E-state index is -0.733. The van der Waals surface area contributed by atoms with E-state index in [4.69, 9.17) is 18.9 Å². The van der Waals surface area contributed by atoms with Crippen molar-refractivity contribution in [3.05, 3.63) is 56.8 Å². The Bertz CT molecular complexity index is 1260. The van der Waals surface area contributed by atoms with Gasteiger partial charge in [-0.1, -0.05) is 0 Å². The maximum atomic E-state index is 13.5. The molecule has 1 aliphatic carbocycles. The highest BCUT2D eigenvalue weighted by Gasteiger charge is 2.39. The van der Waals surface area contributed by atoms with Crippen LogP contribution >= 0.6 is 0 Å². The van der Waals surface area contributed by atoms with Crippen molar-refractivity contribution in [3.8, 4) is 28.7 Å². The van der Waals surface area contributed by atoms with Crippen LogP contribution in [0.25, 0.3) is 0 Å². The molecule has 0 aromatic heterocycles. The molecule has 2 unspecified atom stereocenters. The van der Waals surface area contributed by atoms with E-state index >= 15 is 0 Å². The first-order valence-electron chi connectivity index (χ1n) is 11.1. The molecule has 2 aliphatic rings. The molecule has 0 radical (unpaired) electrons. The summed E-state index contributed by atoms with van der Waals surface area (Å²) in [6.07, 6.45) is 0.449. The number of allylic oxidation sites excluding steroid dienone is 2. The lowest BCUT2D eigenvalue weighted by Gasteiger charge is -2.34. The van der Waals surface area contributed by atoms with Crippen molar-refractivity contribution in [1.82, 2.24) is 5.32 Å². The van der Waals surface area contributed by atoms with Crippen LogP contribution in [0.1, 0.15) is 42.2 Å². The molecule has 0 spiro atoms. The molecule has 0 saturated carbocycles. The summed E-state index contributed by atoms with van der Waals surface area (Å²) in [7, 11) is 5.78. The highest BCUT2D eigenvalue weighted by atomic mass is 16.6. The van der Waals surface area contributed by atoms with E-state index in [1.165, 1.54) is 40.6 Å². The number of hydrogen-bond acceptors (Lipinski definition) is 9. The van der Waals surface area contributed by atoms with Gasteiger partial charge in [-0.05, 0) is 41.7 Å². The van der Waals surface area contributed by atoms with Crippen molar-refractivity contribution >= 4 is 17.4 Å². The number of phenolic OH excluding ortho intramolecular Hbond substituents is 1. The number of carbonyl (C=O) groups excluding carboxylic acids is 2. The van der Waals surface area contributed by atoms with Gasteiger partial charge >= 0.3 is 5.69 Å². The molecule has 0 fully saturated rings. The van der Waals surface area contributed by atoms with Gasteiger partial charge < -0.3 is 29.4 Å². The number of ether oxygens (including phenoxy) is 4. The third-order valence-corrected chi connectivity index (χ3v) is 6.59. The Hall–Kier alpha value is -4.28. The van der Waals surface area contributed by atoms with Crippen LogP contribution in [-0.4, -0.2) is 50.2 Å². The molecule has 2 N–H and O–H groups in total. The van der Waals surface area contributed by atoms with Gasteiger partial charge in [-0.25, -0.2) is 0 Å². The lowest BCUT2D eigenvalue weighted by atomic mass is 9.73. The summed E-state index contributed by atoms with van der Waals surface area (Å²) < 4.78 is 21.4. The summed E-state index contributed by atoms with van der Waals surface area (Å²) in [5.41, 5.74) is 1.44. The van der Waals surface area contributed by atoms with Crippen LogP contribution in [-0.2, 0) is 9.59 Å². The number of amides is 1. The smallest absolute Gasteiger partial charge is 0.314 e. The van der Waals surface area contributed by atoms with E-state index in [0.717, 1.165) is 5.56 Å². The molecular formula is C25H26N2O9. The number of rotatable bonds is 7. The number of nitrogens with zero attached hydrogens (tertiary/aromatic N) is 1. The van der Waals surface area contributed by atoms with Gasteiger partial charge in [0.15, 0.2) is 23.0 Å². The molecule has 1 amide bonds. The number of aromatic hydroxyl groups is 1. The largest absolute Gasteiger partial charge is 0.500 e. The molecule has 11 heteroatoms. The highest BCUT2D eigenvalue weighted by molar-refractivity contribution is 6.02. The van der Waals surface area contributed by atoms with Crippen molar-refractivity contribution in [2.75, 3.05) is 28.4 Å². The van der Waals surface area contributed by atoms with Gasteiger partial charge in [0, 0.05) is 36.1 Å². The Kier molecular flexibility index (Phi) is 6.73. The molecule has 1 heterocycles. The first-order valence-corrected chi connectivity index (χ1v) is 11.1. The maximum absolute atomic E-state index is 13.5. The molecule has 0 bridgehead atoms. The lowest BCUT2D eigenvalue weighted by Crippen LogP contribution is -2.38.